The maximum atomic E-state index is 12.4. The maximum Gasteiger partial charge on any atom is 0.223 e. The Hall–Kier alpha value is -1.88. The van der Waals surface area contributed by atoms with E-state index in [0.29, 0.717) is 19.7 Å². The zero-order valence-corrected chi connectivity index (χ0v) is 15.3. The first-order valence-corrected chi connectivity index (χ1v) is 9.20. The average Bonchev–Trinajstić information content (AvgIpc) is 2.64. The molecule has 2 amide bonds. The summed E-state index contributed by atoms with van der Waals surface area (Å²) in [5.74, 6) is 0.307. The molecule has 5 nitrogen and oxygen atoms in total. The van der Waals surface area contributed by atoms with Gasteiger partial charge in [-0.05, 0) is 50.2 Å². The van der Waals surface area contributed by atoms with Crippen molar-refractivity contribution in [2.24, 2.45) is 11.8 Å². The molecule has 0 heterocycles. The van der Waals surface area contributed by atoms with Gasteiger partial charge in [-0.3, -0.25) is 9.59 Å². The van der Waals surface area contributed by atoms with Crippen molar-refractivity contribution in [3.05, 3.63) is 35.4 Å². The standard InChI is InChI=1S/C20H30N2O3/c1-15-6-3-4-7-18(15)14-22-20(24)17-10-8-16(9-11-17)19(23)21-12-5-13-25-2/h3-4,6-7,16-17H,5,8-14H2,1-2H3,(H,21,23)(H,22,24). The number of carbonyl (C=O) groups is 2. The van der Waals surface area contributed by atoms with E-state index in [9.17, 15) is 9.59 Å². The molecule has 1 fully saturated rings. The third kappa shape index (κ3) is 6.16. The Balaban J connectivity index is 1.69. The number of hydrogen-bond donors (Lipinski definition) is 2. The molecule has 1 aliphatic carbocycles. The van der Waals surface area contributed by atoms with Gasteiger partial charge in [0.15, 0.2) is 0 Å². The number of methoxy groups -OCH3 is 1. The third-order valence-corrected chi connectivity index (χ3v) is 5.01. The molecule has 1 aromatic carbocycles. The van der Waals surface area contributed by atoms with Crippen molar-refractivity contribution >= 4 is 11.8 Å². The lowest BCUT2D eigenvalue weighted by atomic mass is 9.81. The van der Waals surface area contributed by atoms with Gasteiger partial charge in [0.05, 0.1) is 0 Å². The maximum absolute atomic E-state index is 12.4. The van der Waals surface area contributed by atoms with Gasteiger partial charge in [0.1, 0.15) is 0 Å². The van der Waals surface area contributed by atoms with Gasteiger partial charge in [-0.1, -0.05) is 24.3 Å². The molecule has 25 heavy (non-hydrogen) atoms. The van der Waals surface area contributed by atoms with Gasteiger partial charge >= 0.3 is 0 Å². The molecule has 1 aliphatic rings. The van der Waals surface area contributed by atoms with Gasteiger partial charge in [0.2, 0.25) is 11.8 Å². The fourth-order valence-corrected chi connectivity index (χ4v) is 3.33. The van der Waals surface area contributed by atoms with Crippen molar-refractivity contribution in [1.29, 1.82) is 0 Å². The molecule has 0 radical (unpaired) electrons. The molecule has 1 aromatic rings. The summed E-state index contributed by atoms with van der Waals surface area (Å²) in [5.41, 5.74) is 2.34. The van der Waals surface area contributed by atoms with Crippen LogP contribution in [0.15, 0.2) is 24.3 Å². The topological polar surface area (TPSA) is 67.4 Å². The summed E-state index contributed by atoms with van der Waals surface area (Å²) < 4.78 is 4.98. The molecule has 0 spiro atoms. The van der Waals surface area contributed by atoms with E-state index in [-0.39, 0.29) is 23.7 Å². The summed E-state index contributed by atoms with van der Waals surface area (Å²) in [7, 11) is 1.66. The minimum atomic E-state index is 0.0292. The van der Waals surface area contributed by atoms with Crippen LogP contribution < -0.4 is 10.6 Å². The Labute approximate surface area is 150 Å². The molecule has 0 aliphatic heterocycles. The minimum Gasteiger partial charge on any atom is -0.385 e. The van der Waals surface area contributed by atoms with Crippen molar-refractivity contribution < 1.29 is 14.3 Å². The number of ether oxygens (including phenoxy) is 1. The second kappa shape index (κ2) is 10.2. The van der Waals surface area contributed by atoms with Crippen molar-refractivity contribution in [1.82, 2.24) is 10.6 Å². The molecule has 0 aromatic heterocycles. The highest BCUT2D eigenvalue weighted by Gasteiger charge is 2.29. The molecule has 138 valence electrons. The van der Waals surface area contributed by atoms with E-state index in [1.54, 1.807) is 7.11 Å². The predicted molar refractivity (Wildman–Crippen MR) is 98.0 cm³/mol. The lowest BCUT2D eigenvalue weighted by Crippen LogP contribution is -2.37. The van der Waals surface area contributed by atoms with Gasteiger partial charge in [-0.2, -0.15) is 0 Å². The summed E-state index contributed by atoms with van der Waals surface area (Å²) in [5, 5.41) is 6.01. The van der Waals surface area contributed by atoms with Crippen LogP contribution in [0.25, 0.3) is 0 Å². The van der Waals surface area contributed by atoms with Crippen LogP contribution >= 0.6 is 0 Å². The molecule has 0 atom stereocenters. The minimum absolute atomic E-state index is 0.0292. The highest BCUT2D eigenvalue weighted by atomic mass is 16.5. The molecule has 0 unspecified atom stereocenters. The number of aryl methyl sites for hydroxylation is 1. The first-order chi connectivity index (χ1) is 12.1. The Morgan fingerprint density at radius 1 is 1.04 bits per heavy atom. The van der Waals surface area contributed by atoms with Gasteiger partial charge in [-0.15, -0.1) is 0 Å². The zero-order chi connectivity index (χ0) is 18.1. The van der Waals surface area contributed by atoms with Crippen molar-refractivity contribution in [3.8, 4) is 0 Å². The summed E-state index contributed by atoms with van der Waals surface area (Å²) in [6, 6.07) is 8.09. The number of rotatable bonds is 8. The molecule has 0 bridgehead atoms. The smallest absolute Gasteiger partial charge is 0.223 e. The largest absolute Gasteiger partial charge is 0.385 e. The second-order valence-corrected chi connectivity index (χ2v) is 6.83. The second-order valence-electron chi connectivity index (χ2n) is 6.83. The van der Waals surface area contributed by atoms with Gasteiger partial charge in [-0.25, -0.2) is 0 Å². The Kier molecular flexibility index (Phi) is 7.92. The quantitative estimate of drug-likeness (QED) is 0.711. The molecular weight excluding hydrogens is 316 g/mol. The summed E-state index contributed by atoms with van der Waals surface area (Å²) in [6.07, 6.45) is 3.99. The van der Waals surface area contributed by atoms with E-state index in [4.69, 9.17) is 4.74 Å². The molecule has 2 rings (SSSR count). The van der Waals surface area contributed by atoms with Gasteiger partial charge in [0, 0.05) is 38.6 Å². The zero-order valence-electron chi connectivity index (χ0n) is 15.3. The lowest BCUT2D eigenvalue weighted by Gasteiger charge is -2.27. The van der Waals surface area contributed by atoms with Gasteiger partial charge in [0.25, 0.3) is 0 Å². The van der Waals surface area contributed by atoms with Crippen LogP contribution in [-0.2, 0) is 20.9 Å². The van der Waals surface area contributed by atoms with Crippen molar-refractivity contribution in [3.63, 3.8) is 0 Å². The molecule has 5 heteroatoms. The summed E-state index contributed by atoms with van der Waals surface area (Å²) in [6.45, 7) is 3.95. The van der Waals surface area contributed by atoms with E-state index < -0.39 is 0 Å². The van der Waals surface area contributed by atoms with Crippen molar-refractivity contribution in [2.75, 3.05) is 20.3 Å². The van der Waals surface area contributed by atoms with Crippen LogP contribution in [0.4, 0.5) is 0 Å². The number of nitrogens with one attached hydrogen (secondary N) is 2. The van der Waals surface area contributed by atoms with Crippen LogP contribution in [-0.4, -0.2) is 32.1 Å². The monoisotopic (exact) mass is 346 g/mol. The van der Waals surface area contributed by atoms with Crippen LogP contribution in [0, 0.1) is 18.8 Å². The first-order valence-electron chi connectivity index (χ1n) is 9.20. The van der Waals surface area contributed by atoms with E-state index in [2.05, 4.69) is 23.6 Å². The molecular formula is C20H30N2O3. The summed E-state index contributed by atoms with van der Waals surface area (Å²) >= 11 is 0. The van der Waals surface area contributed by atoms with Gasteiger partial charge < -0.3 is 15.4 Å². The number of benzene rings is 1. The lowest BCUT2D eigenvalue weighted by molar-refractivity contribution is -0.130. The van der Waals surface area contributed by atoms with E-state index in [1.165, 1.54) is 5.56 Å². The Bertz CT molecular complexity index is 566. The van der Waals surface area contributed by atoms with Crippen LogP contribution in [0.5, 0.6) is 0 Å². The predicted octanol–water partition coefficient (Wildman–Crippen LogP) is 2.57. The number of carbonyl (C=O) groups excluding carboxylic acids is 2. The number of hydrogen-bond acceptors (Lipinski definition) is 3. The summed E-state index contributed by atoms with van der Waals surface area (Å²) in [4.78, 5) is 24.5. The first kappa shape index (κ1) is 19.4. The van der Waals surface area contributed by atoms with E-state index in [0.717, 1.165) is 37.7 Å². The number of amides is 2. The highest BCUT2D eigenvalue weighted by molar-refractivity contribution is 5.81. The Morgan fingerprint density at radius 2 is 1.64 bits per heavy atom. The van der Waals surface area contributed by atoms with Crippen LogP contribution in [0.3, 0.4) is 0 Å². The SMILES string of the molecule is COCCCNC(=O)C1CCC(C(=O)NCc2ccccc2C)CC1. The van der Waals surface area contributed by atoms with Crippen LogP contribution in [0.2, 0.25) is 0 Å². The third-order valence-electron chi connectivity index (χ3n) is 5.01. The van der Waals surface area contributed by atoms with E-state index in [1.807, 2.05) is 18.2 Å². The average molecular weight is 346 g/mol. The highest BCUT2D eigenvalue weighted by Crippen LogP contribution is 2.29. The fraction of sp³-hybridized carbons (Fsp3) is 0.600. The van der Waals surface area contributed by atoms with Crippen molar-refractivity contribution in [2.45, 2.75) is 45.6 Å². The Morgan fingerprint density at radius 3 is 2.24 bits per heavy atom. The molecule has 0 saturated heterocycles. The molecule has 2 N–H and O–H groups in total. The van der Waals surface area contributed by atoms with E-state index >= 15 is 0 Å². The van der Waals surface area contributed by atoms with Crippen LogP contribution in [0.1, 0.15) is 43.2 Å². The molecule has 1 saturated carbocycles. The fourth-order valence-electron chi connectivity index (χ4n) is 3.33. The normalized spacial score (nSPS) is 20.1.